The number of anilines is 1. The van der Waals surface area contributed by atoms with Crippen molar-refractivity contribution < 1.29 is 9.18 Å². The van der Waals surface area contributed by atoms with Crippen LogP contribution in [0.2, 0.25) is 5.02 Å². The molecule has 0 aliphatic carbocycles. The number of carbonyl (C=O) groups excluding carboxylic acids is 1. The maximum Gasteiger partial charge on any atom is 0.259 e. The molecule has 0 saturated carbocycles. The number of carbonyl (C=O) groups is 1. The normalized spacial score (nSPS) is 10.8. The van der Waals surface area contributed by atoms with Crippen molar-refractivity contribution in [3.8, 4) is 11.1 Å². The van der Waals surface area contributed by atoms with Gasteiger partial charge in [0.2, 0.25) is 0 Å². The number of amides is 1. The summed E-state index contributed by atoms with van der Waals surface area (Å²) < 4.78 is 16.5. The first-order valence-electron chi connectivity index (χ1n) is 7.42. The van der Waals surface area contributed by atoms with E-state index >= 15 is 0 Å². The zero-order chi connectivity index (χ0) is 18.1. The minimum absolute atomic E-state index is 0.117. The van der Waals surface area contributed by atoms with Crippen LogP contribution in [0.5, 0.6) is 0 Å². The molecule has 1 amide bonds. The molecule has 0 spiro atoms. The summed E-state index contributed by atoms with van der Waals surface area (Å²) in [4.78, 5) is 12.5. The molecule has 25 heavy (non-hydrogen) atoms. The first-order chi connectivity index (χ1) is 11.9. The van der Waals surface area contributed by atoms with E-state index in [-0.39, 0.29) is 5.56 Å². The van der Waals surface area contributed by atoms with E-state index in [0.717, 1.165) is 21.3 Å². The summed E-state index contributed by atoms with van der Waals surface area (Å²) in [7, 11) is 1.72. The van der Waals surface area contributed by atoms with E-state index in [0.29, 0.717) is 10.8 Å². The van der Waals surface area contributed by atoms with Gasteiger partial charge in [-0.3, -0.25) is 9.48 Å². The highest BCUT2D eigenvalue weighted by Gasteiger charge is 2.20. The van der Waals surface area contributed by atoms with Crippen LogP contribution in [0.1, 0.15) is 16.1 Å². The summed E-state index contributed by atoms with van der Waals surface area (Å²) >= 11 is 9.27. The summed E-state index contributed by atoms with van der Waals surface area (Å²) in [5.41, 5.74) is 2.32. The molecule has 0 radical (unpaired) electrons. The lowest BCUT2D eigenvalue weighted by molar-refractivity contribution is 0.102. The van der Waals surface area contributed by atoms with Crippen LogP contribution in [0, 0.1) is 12.7 Å². The van der Waals surface area contributed by atoms with Crippen molar-refractivity contribution in [2.24, 2.45) is 7.05 Å². The number of halogens is 3. The van der Waals surface area contributed by atoms with Gasteiger partial charge in [-0.25, -0.2) is 4.39 Å². The first-order valence-corrected chi connectivity index (χ1v) is 8.60. The molecule has 0 aliphatic heterocycles. The van der Waals surface area contributed by atoms with E-state index in [1.165, 1.54) is 18.2 Å². The Morgan fingerprint density at radius 3 is 2.60 bits per heavy atom. The molecule has 3 aromatic rings. The zero-order valence-electron chi connectivity index (χ0n) is 13.5. The van der Waals surface area contributed by atoms with E-state index in [1.807, 2.05) is 31.2 Å². The van der Waals surface area contributed by atoms with Gasteiger partial charge < -0.3 is 5.32 Å². The van der Waals surface area contributed by atoms with Crippen LogP contribution in [0.3, 0.4) is 0 Å². The molecule has 0 bridgehead atoms. The molecule has 4 nitrogen and oxygen atoms in total. The van der Waals surface area contributed by atoms with Crippen LogP contribution in [0.4, 0.5) is 10.2 Å². The molecule has 128 valence electrons. The van der Waals surface area contributed by atoms with Crippen LogP contribution in [0.25, 0.3) is 11.1 Å². The molecule has 7 heteroatoms. The van der Waals surface area contributed by atoms with E-state index in [9.17, 15) is 9.18 Å². The largest absolute Gasteiger partial charge is 0.306 e. The highest BCUT2D eigenvalue weighted by atomic mass is 79.9. The number of hydrogen-bond acceptors (Lipinski definition) is 2. The fraction of sp³-hybridized carbons (Fsp3) is 0.111. The predicted molar refractivity (Wildman–Crippen MR) is 100 cm³/mol. The standard InChI is InChI=1S/C18H14BrClFN3O/c1-10-16(11-3-5-12(19)6-4-11)17(24(2)23-10)22-18(25)14-9-13(20)7-8-15(14)21/h3-9H,1-2H3,(H,22,25). The molecule has 1 N–H and O–H groups in total. The van der Waals surface area contributed by atoms with Crippen LogP contribution in [-0.2, 0) is 7.05 Å². The highest BCUT2D eigenvalue weighted by Crippen LogP contribution is 2.32. The van der Waals surface area contributed by atoms with Crippen molar-refractivity contribution in [3.05, 3.63) is 69.0 Å². The lowest BCUT2D eigenvalue weighted by atomic mass is 10.1. The molecule has 2 aromatic carbocycles. The quantitative estimate of drug-likeness (QED) is 0.630. The SMILES string of the molecule is Cc1nn(C)c(NC(=O)c2cc(Cl)ccc2F)c1-c1ccc(Br)cc1. The third kappa shape index (κ3) is 3.60. The van der Waals surface area contributed by atoms with Crippen molar-refractivity contribution in [2.45, 2.75) is 6.92 Å². The summed E-state index contributed by atoms with van der Waals surface area (Å²) in [5.74, 6) is -0.725. The number of nitrogens with one attached hydrogen (secondary N) is 1. The molecule has 0 saturated heterocycles. The van der Waals surface area contributed by atoms with Crippen molar-refractivity contribution in [2.75, 3.05) is 5.32 Å². The zero-order valence-corrected chi connectivity index (χ0v) is 15.8. The van der Waals surface area contributed by atoms with E-state index < -0.39 is 11.7 Å². The van der Waals surface area contributed by atoms with Gasteiger partial charge in [0.15, 0.2) is 0 Å². The number of nitrogens with zero attached hydrogens (tertiary/aromatic N) is 2. The van der Waals surface area contributed by atoms with E-state index in [2.05, 4.69) is 26.3 Å². The monoisotopic (exact) mass is 421 g/mol. The second kappa shape index (κ2) is 6.98. The minimum Gasteiger partial charge on any atom is -0.306 e. The molecule has 1 heterocycles. The molecule has 0 atom stereocenters. The number of benzene rings is 2. The second-order valence-electron chi connectivity index (χ2n) is 5.52. The lowest BCUT2D eigenvalue weighted by Crippen LogP contribution is -2.16. The van der Waals surface area contributed by atoms with Crippen LogP contribution < -0.4 is 5.32 Å². The number of aromatic nitrogens is 2. The summed E-state index contributed by atoms with van der Waals surface area (Å²) in [6, 6.07) is 11.5. The lowest BCUT2D eigenvalue weighted by Gasteiger charge is -2.10. The van der Waals surface area contributed by atoms with Gasteiger partial charge in [-0.05, 0) is 42.8 Å². The Labute approximate surface area is 157 Å². The Bertz CT molecular complexity index is 954. The number of aryl methyl sites for hydroxylation is 2. The van der Waals surface area contributed by atoms with E-state index in [4.69, 9.17) is 11.6 Å². The fourth-order valence-corrected chi connectivity index (χ4v) is 3.05. The van der Waals surface area contributed by atoms with Crippen molar-refractivity contribution >= 4 is 39.3 Å². The van der Waals surface area contributed by atoms with Gasteiger partial charge in [0.1, 0.15) is 11.6 Å². The Kier molecular flexibility index (Phi) is 4.92. The minimum atomic E-state index is -0.633. The Hall–Kier alpha value is -2.18. The average Bonchev–Trinajstić information content (AvgIpc) is 2.84. The van der Waals surface area contributed by atoms with Crippen LogP contribution in [-0.4, -0.2) is 15.7 Å². The summed E-state index contributed by atoms with van der Waals surface area (Å²) in [5, 5.41) is 7.41. The molecule has 3 rings (SSSR count). The van der Waals surface area contributed by atoms with Gasteiger partial charge in [-0.2, -0.15) is 5.10 Å². The highest BCUT2D eigenvalue weighted by molar-refractivity contribution is 9.10. The predicted octanol–water partition coefficient (Wildman–Crippen LogP) is 5.20. The van der Waals surface area contributed by atoms with Crippen LogP contribution >= 0.6 is 27.5 Å². The molecular weight excluding hydrogens is 409 g/mol. The van der Waals surface area contributed by atoms with Gasteiger partial charge in [0, 0.05) is 22.1 Å². The Morgan fingerprint density at radius 2 is 1.92 bits per heavy atom. The fourth-order valence-electron chi connectivity index (χ4n) is 2.61. The van der Waals surface area contributed by atoms with Gasteiger partial charge in [0.25, 0.3) is 5.91 Å². The van der Waals surface area contributed by atoms with Gasteiger partial charge >= 0.3 is 0 Å². The van der Waals surface area contributed by atoms with Crippen molar-refractivity contribution in [1.82, 2.24) is 9.78 Å². The maximum absolute atomic E-state index is 13.9. The summed E-state index contributed by atoms with van der Waals surface area (Å²) in [6.45, 7) is 1.85. The first kappa shape index (κ1) is 17.6. The van der Waals surface area contributed by atoms with Crippen molar-refractivity contribution in [3.63, 3.8) is 0 Å². The number of rotatable bonds is 3. The van der Waals surface area contributed by atoms with Crippen LogP contribution in [0.15, 0.2) is 46.9 Å². The van der Waals surface area contributed by atoms with Gasteiger partial charge in [0.05, 0.1) is 11.3 Å². The molecule has 1 aromatic heterocycles. The molecular formula is C18H14BrClFN3O. The van der Waals surface area contributed by atoms with E-state index in [1.54, 1.807) is 11.7 Å². The van der Waals surface area contributed by atoms with Gasteiger partial charge in [-0.15, -0.1) is 0 Å². The molecule has 0 aliphatic rings. The third-order valence-corrected chi connectivity index (χ3v) is 4.52. The number of hydrogen-bond donors (Lipinski definition) is 1. The smallest absolute Gasteiger partial charge is 0.259 e. The Balaban J connectivity index is 2.02. The maximum atomic E-state index is 13.9. The summed E-state index contributed by atoms with van der Waals surface area (Å²) in [6.07, 6.45) is 0. The third-order valence-electron chi connectivity index (χ3n) is 3.76. The molecule has 0 fully saturated rings. The van der Waals surface area contributed by atoms with Gasteiger partial charge in [-0.1, -0.05) is 39.7 Å². The molecule has 0 unspecified atom stereocenters. The topological polar surface area (TPSA) is 46.9 Å². The Morgan fingerprint density at radius 1 is 1.24 bits per heavy atom. The second-order valence-corrected chi connectivity index (χ2v) is 6.87. The van der Waals surface area contributed by atoms with Crippen molar-refractivity contribution in [1.29, 1.82) is 0 Å². The average molecular weight is 423 g/mol.